The fourth-order valence-electron chi connectivity index (χ4n) is 2.55. The average molecular weight is 362 g/mol. The summed E-state index contributed by atoms with van der Waals surface area (Å²) in [5.74, 6) is 0.406. The van der Waals surface area contributed by atoms with Crippen LogP contribution in [-0.2, 0) is 10.0 Å². The lowest BCUT2D eigenvalue weighted by atomic mass is 10.1. The van der Waals surface area contributed by atoms with E-state index in [4.69, 9.17) is 4.74 Å². The first kappa shape index (κ1) is 15.8. The third-order valence-corrected chi connectivity index (χ3v) is 6.66. The van der Waals surface area contributed by atoms with Crippen LogP contribution < -0.4 is 4.74 Å². The fraction of sp³-hybridized carbons (Fsp3) is 0.571. The number of methoxy groups -OCH3 is 1. The Morgan fingerprint density at radius 2 is 2.05 bits per heavy atom. The molecule has 0 radical (unpaired) electrons. The smallest absolute Gasteiger partial charge is 0.247 e. The number of nitrogens with zero attached hydrogens (tertiary/aromatic N) is 1. The molecule has 1 fully saturated rings. The number of hydrogen-bond donors (Lipinski definition) is 0. The zero-order valence-electron chi connectivity index (χ0n) is 12.0. The van der Waals surface area contributed by atoms with Crippen LogP contribution in [0.1, 0.15) is 31.7 Å². The summed E-state index contributed by atoms with van der Waals surface area (Å²) in [4.78, 5) is 0.242. The molecule has 0 spiro atoms. The van der Waals surface area contributed by atoms with Crippen molar-refractivity contribution in [3.05, 3.63) is 22.2 Å². The van der Waals surface area contributed by atoms with E-state index in [0.717, 1.165) is 29.3 Å². The topological polar surface area (TPSA) is 46.6 Å². The second kappa shape index (κ2) is 6.03. The third-order valence-electron chi connectivity index (χ3n) is 3.77. The highest BCUT2D eigenvalue weighted by Crippen LogP contribution is 2.34. The Morgan fingerprint density at radius 1 is 1.35 bits per heavy atom. The van der Waals surface area contributed by atoms with E-state index in [-0.39, 0.29) is 10.9 Å². The predicted octanol–water partition coefficient (Wildman–Crippen LogP) is 3.33. The fourth-order valence-corrected chi connectivity index (χ4v) is 4.91. The van der Waals surface area contributed by atoms with E-state index in [2.05, 4.69) is 15.9 Å². The minimum atomic E-state index is -3.51. The van der Waals surface area contributed by atoms with Crippen LogP contribution in [0.5, 0.6) is 5.75 Å². The quantitative estimate of drug-likeness (QED) is 0.829. The molecular formula is C14H20BrNO3S. The van der Waals surface area contributed by atoms with Crippen LogP contribution in [0.2, 0.25) is 0 Å². The Bertz CT molecular complexity index is 601. The van der Waals surface area contributed by atoms with Gasteiger partial charge < -0.3 is 4.74 Å². The monoisotopic (exact) mass is 361 g/mol. The van der Waals surface area contributed by atoms with Gasteiger partial charge in [0.05, 0.1) is 7.11 Å². The molecule has 1 atom stereocenters. The van der Waals surface area contributed by atoms with Gasteiger partial charge in [0.1, 0.15) is 10.6 Å². The van der Waals surface area contributed by atoms with Crippen LogP contribution in [0.25, 0.3) is 0 Å². The molecule has 2 rings (SSSR count). The van der Waals surface area contributed by atoms with Gasteiger partial charge in [-0.1, -0.05) is 22.4 Å². The van der Waals surface area contributed by atoms with E-state index >= 15 is 0 Å². The summed E-state index contributed by atoms with van der Waals surface area (Å²) in [6.45, 7) is 4.46. The highest BCUT2D eigenvalue weighted by atomic mass is 79.9. The van der Waals surface area contributed by atoms with Crippen molar-refractivity contribution in [2.24, 2.45) is 0 Å². The van der Waals surface area contributed by atoms with Gasteiger partial charge in [-0.15, -0.1) is 0 Å². The molecule has 0 N–H and O–H groups in total. The standard InChI is InChI=1S/C14H20BrNO3S/c1-10-8-13(19-3)14(9-12(10)15)20(17,18)16-7-5-4-6-11(16)2/h8-9,11H,4-7H2,1-3H3/t11-/m0/s1. The summed E-state index contributed by atoms with van der Waals surface area (Å²) in [7, 11) is -2.01. The van der Waals surface area contributed by atoms with E-state index in [9.17, 15) is 8.42 Å². The van der Waals surface area contributed by atoms with Crippen molar-refractivity contribution < 1.29 is 13.2 Å². The molecule has 1 aliphatic heterocycles. The molecule has 0 unspecified atom stereocenters. The molecule has 0 aromatic heterocycles. The number of benzene rings is 1. The van der Waals surface area contributed by atoms with Crippen LogP contribution in [-0.4, -0.2) is 32.4 Å². The second-order valence-corrected chi connectivity index (χ2v) is 7.93. The van der Waals surface area contributed by atoms with Crippen molar-refractivity contribution in [2.75, 3.05) is 13.7 Å². The Labute approximate surface area is 129 Å². The molecule has 0 aliphatic carbocycles. The van der Waals surface area contributed by atoms with Crippen LogP contribution in [0.3, 0.4) is 0 Å². The van der Waals surface area contributed by atoms with Crippen molar-refractivity contribution in [2.45, 2.75) is 44.0 Å². The number of hydrogen-bond acceptors (Lipinski definition) is 3. The van der Waals surface area contributed by atoms with Crippen LogP contribution in [0.4, 0.5) is 0 Å². The maximum atomic E-state index is 12.9. The maximum Gasteiger partial charge on any atom is 0.247 e. The number of piperidine rings is 1. The lowest BCUT2D eigenvalue weighted by Gasteiger charge is -2.32. The molecule has 0 bridgehead atoms. The highest BCUT2D eigenvalue weighted by molar-refractivity contribution is 9.10. The van der Waals surface area contributed by atoms with E-state index < -0.39 is 10.0 Å². The van der Waals surface area contributed by atoms with E-state index in [1.807, 2.05) is 13.8 Å². The Balaban J connectivity index is 2.51. The Kier molecular flexibility index (Phi) is 4.76. The minimum absolute atomic E-state index is 0.0403. The number of ether oxygens (including phenoxy) is 1. The van der Waals surface area contributed by atoms with Crippen molar-refractivity contribution in [3.63, 3.8) is 0 Å². The molecule has 20 heavy (non-hydrogen) atoms. The molecule has 0 amide bonds. The van der Waals surface area contributed by atoms with E-state index in [1.165, 1.54) is 7.11 Å². The van der Waals surface area contributed by atoms with E-state index in [0.29, 0.717) is 12.3 Å². The van der Waals surface area contributed by atoms with Crippen LogP contribution in [0.15, 0.2) is 21.5 Å². The Morgan fingerprint density at radius 3 is 2.65 bits per heavy atom. The second-order valence-electron chi connectivity index (χ2n) is 5.21. The van der Waals surface area contributed by atoms with Gasteiger partial charge in [0.15, 0.2) is 0 Å². The molecule has 1 aromatic carbocycles. The molecule has 1 aliphatic rings. The van der Waals surface area contributed by atoms with Gasteiger partial charge >= 0.3 is 0 Å². The summed E-state index contributed by atoms with van der Waals surface area (Å²) < 4.78 is 33.4. The lowest BCUT2D eigenvalue weighted by Crippen LogP contribution is -2.42. The minimum Gasteiger partial charge on any atom is -0.495 e. The molecule has 112 valence electrons. The highest BCUT2D eigenvalue weighted by Gasteiger charge is 2.33. The summed E-state index contributed by atoms with van der Waals surface area (Å²) in [6.07, 6.45) is 2.91. The number of sulfonamides is 1. The number of rotatable bonds is 3. The zero-order valence-corrected chi connectivity index (χ0v) is 14.4. The van der Waals surface area contributed by atoms with Gasteiger partial charge in [-0.05, 0) is 44.4 Å². The largest absolute Gasteiger partial charge is 0.495 e. The molecule has 4 nitrogen and oxygen atoms in total. The summed E-state index contributed by atoms with van der Waals surface area (Å²) in [5, 5.41) is 0. The van der Waals surface area contributed by atoms with Gasteiger partial charge in [-0.2, -0.15) is 4.31 Å². The Hall–Kier alpha value is -0.590. The average Bonchev–Trinajstić information content (AvgIpc) is 2.41. The molecule has 6 heteroatoms. The van der Waals surface area contributed by atoms with Gasteiger partial charge in [0.25, 0.3) is 0 Å². The molecule has 0 saturated carbocycles. The van der Waals surface area contributed by atoms with Crippen molar-refractivity contribution in [1.29, 1.82) is 0 Å². The SMILES string of the molecule is COc1cc(C)c(Br)cc1S(=O)(=O)N1CCCC[C@@H]1C. The summed E-state index contributed by atoms with van der Waals surface area (Å²) in [6, 6.07) is 3.44. The lowest BCUT2D eigenvalue weighted by molar-refractivity contribution is 0.267. The first-order valence-electron chi connectivity index (χ1n) is 6.74. The van der Waals surface area contributed by atoms with Crippen LogP contribution >= 0.6 is 15.9 Å². The third kappa shape index (κ3) is 2.87. The van der Waals surface area contributed by atoms with Gasteiger partial charge in [-0.25, -0.2) is 8.42 Å². The molecule has 1 saturated heterocycles. The zero-order chi connectivity index (χ0) is 14.9. The van der Waals surface area contributed by atoms with Gasteiger partial charge in [0, 0.05) is 17.1 Å². The van der Waals surface area contributed by atoms with Crippen LogP contribution in [0, 0.1) is 6.92 Å². The first-order valence-corrected chi connectivity index (χ1v) is 8.97. The molecule has 1 aromatic rings. The van der Waals surface area contributed by atoms with Gasteiger partial charge in [-0.3, -0.25) is 0 Å². The molecule has 1 heterocycles. The predicted molar refractivity (Wildman–Crippen MR) is 82.6 cm³/mol. The van der Waals surface area contributed by atoms with Crippen molar-refractivity contribution in [3.8, 4) is 5.75 Å². The van der Waals surface area contributed by atoms with Crippen molar-refractivity contribution >= 4 is 26.0 Å². The maximum absolute atomic E-state index is 12.9. The normalized spacial score (nSPS) is 20.9. The number of halogens is 1. The molecular weight excluding hydrogens is 342 g/mol. The first-order chi connectivity index (χ1) is 9.37. The summed E-state index contributed by atoms with van der Waals surface area (Å²) >= 11 is 3.40. The van der Waals surface area contributed by atoms with Crippen molar-refractivity contribution in [1.82, 2.24) is 4.31 Å². The van der Waals surface area contributed by atoms with E-state index in [1.54, 1.807) is 16.4 Å². The van der Waals surface area contributed by atoms with Gasteiger partial charge in [0.2, 0.25) is 10.0 Å². The number of aryl methyl sites for hydroxylation is 1. The summed E-state index contributed by atoms with van der Waals surface area (Å²) in [5.41, 5.74) is 0.951.